The van der Waals surface area contributed by atoms with Gasteiger partial charge in [0.2, 0.25) is 0 Å². The minimum Gasteiger partial charge on any atom is -0.256 e. The van der Waals surface area contributed by atoms with Gasteiger partial charge in [0.15, 0.2) is 0 Å². The van der Waals surface area contributed by atoms with Gasteiger partial charge in [-0.25, -0.2) is 0 Å². The Hall–Kier alpha value is -2.93. The van der Waals surface area contributed by atoms with Crippen LogP contribution in [-0.4, -0.2) is 4.98 Å². The molecule has 3 rings (SSSR count). The van der Waals surface area contributed by atoms with E-state index < -0.39 is 0 Å². The standard InChI is InChI=1S/C23H21N/c1-3-10-18(4-2)20-15-16-23(24-17-20)22-14-9-8-13-21(22)19-11-6-5-7-12-19/h4-17H,2-3H2,1H3/b18-10+. The van der Waals surface area contributed by atoms with Crippen LogP contribution in [0.15, 0.2) is 91.7 Å². The largest absolute Gasteiger partial charge is 0.256 e. The van der Waals surface area contributed by atoms with E-state index in [0.29, 0.717) is 0 Å². The first-order chi connectivity index (χ1) is 11.8. The van der Waals surface area contributed by atoms with Crippen molar-refractivity contribution in [3.8, 4) is 22.4 Å². The summed E-state index contributed by atoms with van der Waals surface area (Å²) in [5.41, 5.74) is 6.77. The fourth-order valence-electron chi connectivity index (χ4n) is 2.84. The summed E-state index contributed by atoms with van der Waals surface area (Å²) in [4.78, 5) is 4.70. The molecule has 1 aromatic heterocycles. The molecule has 1 heteroatoms. The SMILES string of the molecule is C=C/C(=C\CC)c1ccc(-c2ccccc2-c2ccccc2)nc1. The van der Waals surface area contributed by atoms with Crippen LogP contribution in [0.3, 0.4) is 0 Å². The average molecular weight is 311 g/mol. The van der Waals surface area contributed by atoms with Gasteiger partial charge in [0, 0.05) is 11.8 Å². The van der Waals surface area contributed by atoms with Crippen LogP contribution in [0.5, 0.6) is 0 Å². The van der Waals surface area contributed by atoms with Crippen LogP contribution in [-0.2, 0) is 0 Å². The molecule has 0 amide bonds. The van der Waals surface area contributed by atoms with Crippen LogP contribution >= 0.6 is 0 Å². The summed E-state index contributed by atoms with van der Waals surface area (Å²) in [6.07, 6.45) is 6.97. The Balaban J connectivity index is 2.02. The molecule has 1 heterocycles. The molecular formula is C23H21N. The topological polar surface area (TPSA) is 12.9 Å². The lowest BCUT2D eigenvalue weighted by molar-refractivity contribution is 1.22. The first kappa shape index (κ1) is 15.9. The highest BCUT2D eigenvalue weighted by Gasteiger charge is 2.08. The summed E-state index contributed by atoms with van der Waals surface area (Å²) in [5.74, 6) is 0. The lowest BCUT2D eigenvalue weighted by atomic mass is 9.97. The monoisotopic (exact) mass is 311 g/mol. The number of aromatic nitrogens is 1. The summed E-state index contributed by atoms with van der Waals surface area (Å²) < 4.78 is 0. The zero-order chi connectivity index (χ0) is 16.8. The number of hydrogen-bond acceptors (Lipinski definition) is 1. The van der Waals surface area contributed by atoms with Gasteiger partial charge < -0.3 is 0 Å². The van der Waals surface area contributed by atoms with E-state index in [9.17, 15) is 0 Å². The van der Waals surface area contributed by atoms with E-state index >= 15 is 0 Å². The van der Waals surface area contributed by atoms with Crippen LogP contribution < -0.4 is 0 Å². The number of nitrogens with zero attached hydrogens (tertiary/aromatic N) is 1. The molecule has 0 saturated heterocycles. The Morgan fingerprint density at radius 3 is 2.25 bits per heavy atom. The molecule has 0 aliphatic rings. The van der Waals surface area contributed by atoms with Gasteiger partial charge in [-0.1, -0.05) is 86.3 Å². The van der Waals surface area contributed by atoms with Crippen LogP contribution in [0.4, 0.5) is 0 Å². The zero-order valence-corrected chi connectivity index (χ0v) is 13.9. The van der Waals surface area contributed by atoms with Gasteiger partial charge in [0.1, 0.15) is 0 Å². The molecule has 0 radical (unpaired) electrons. The second-order valence-corrected chi connectivity index (χ2v) is 5.62. The molecule has 0 atom stereocenters. The predicted molar refractivity (Wildman–Crippen MR) is 104 cm³/mol. The molecule has 0 fully saturated rings. The highest BCUT2D eigenvalue weighted by Crippen LogP contribution is 2.31. The van der Waals surface area contributed by atoms with Crippen LogP contribution in [0.25, 0.3) is 28.0 Å². The van der Waals surface area contributed by atoms with Gasteiger partial charge >= 0.3 is 0 Å². The number of benzene rings is 2. The zero-order valence-electron chi connectivity index (χ0n) is 13.9. The van der Waals surface area contributed by atoms with E-state index in [4.69, 9.17) is 4.98 Å². The van der Waals surface area contributed by atoms with Crippen molar-refractivity contribution in [1.29, 1.82) is 0 Å². The first-order valence-electron chi connectivity index (χ1n) is 8.27. The third kappa shape index (κ3) is 3.36. The van der Waals surface area contributed by atoms with E-state index in [-0.39, 0.29) is 0 Å². The van der Waals surface area contributed by atoms with Gasteiger partial charge in [0.05, 0.1) is 5.69 Å². The minimum atomic E-state index is 0.984. The summed E-state index contributed by atoms with van der Waals surface area (Å²) in [7, 11) is 0. The quantitative estimate of drug-likeness (QED) is 0.497. The van der Waals surface area contributed by atoms with Crippen molar-refractivity contribution in [2.45, 2.75) is 13.3 Å². The molecule has 2 aromatic carbocycles. The second-order valence-electron chi connectivity index (χ2n) is 5.62. The molecular weight excluding hydrogens is 290 g/mol. The fourth-order valence-corrected chi connectivity index (χ4v) is 2.84. The Morgan fingerprint density at radius 2 is 1.62 bits per heavy atom. The summed E-state index contributed by atoms with van der Waals surface area (Å²) in [6.45, 7) is 6.02. The van der Waals surface area contributed by atoms with Crippen molar-refractivity contribution in [3.63, 3.8) is 0 Å². The summed E-state index contributed by atoms with van der Waals surface area (Å²) >= 11 is 0. The smallest absolute Gasteiger partial charge is 0.0708 e. The fraction of sp³-hybridized carbons (Fsp3) is 0.0870. The maximum atomic E-state index is 4.70. The molecule has 0 aliphatic carbocycles. The van der Waals surface area contributed by atoms with Crippen LogP contribution in [0, 0.1) is 0 Å². The van der Waals surface area contributed by atoms with Crippen molar-refractivity contribution in [1.82, 2.24) is 4.98 Å². The van der Waals surface area contributed by atoms with Gasteiger partial charge in [-0.2, -0.15) is 0 Å². The molecule has 1 nitrogen and oxygen atoms in total. The molecule has 118 valence electrons. The Morgan fingerprint density at radius 1 is 0.917 bits per heavy atom. The van der Waals surface area contributed by atoms with E-state index in [1.807, 2.05) is 18.3 Å². The third-order valence-corrected chi connectivity index (χ3v) is 4.03. The number of rotatable bonds is 5. The van der Waals surface area contributed by atoms with Crippen LogP contribution in [0.2, 0.25) is 0 Å². The van der Waals surface area contributed by atoms with Crippen molar-refractivity contribution in [3.05, 3.63) is 97.2 Å². The molecule has 0 unspecified atom stereocenters. The maximum Gasteiger partial charge on any atom is 0.0708 e. The third-order valence-electron chi connectivity index (χ3n) is 4.03. The summed E-state index contributed by atoms with van der Waals surface area (Å²) in [5, 5.41) is 0. The van der Waals surface area contributed by atoms with Gasteiger partial charge in [0.25, 0.3) is 0 Å². The Kier molecular flexibility index (Phi) is 5.02. The van der Waals surface area contributed by atoms with Gasteiger partial charge in [-0.3, -0.25) is 4.98 Å². The average Bonchev–Trinajstić information content (AvgIpc) is 2.67. The van der Waals surface area contributed by atoms with E-state index in [1.165, 1.54) is 11.1 Å². The van der Waals surface area contributed by atoms with Crippen molar-refractivity contribution < 1.29 is 0 Å². The first-order valence-corrected chi connectivity index (χ1v) is 8.27. The normalized spacial score (nSPS) is 11.3. The molecule has 0 spiro atoms. The molecule has 0 bridgehead atoms. The highest BCUT2D eigenvalue weighted by atomic mass is 14.7. The van der Waals surface area contributed by atoms with E-state index in [0.717, 1.165) is 28.8 Å². The predicted octanol–water partition coefficient (Wildman–Crippen LogP) is 6.40. The lowest BCUT2D eigenvalue weighted by Gasteiger charge is -2.10. The molecule has 0 aliphatic heterocycles. The van der Waals surface area contributed by atoms with Crippen LogP contribution in [0.1, 0.15) is 18.9 Å². The summed E-state index contributed by atoms with van der Waals surface area (Å²) in [6, 6.07) is 23.0. The highest BCUT2D eigenvalue weighted by molar-refractivity contribution is 5.82. The number of pyridine rings is 1. The molecule has 3 aromatic rings. The Labute approximate surface area is 144 Å². The molecule has 0 saturated carbocycles. The van der Waals surface area contributed by atoms with Gasteiger partial charge in [-0.15, -0.1) is 0 Å². The van der Waals surface area contributed by atoms with Crippen molar-refractivity contribution in [2.24, 2.45) is 0 Å². The second kappa shape index (κ2) is 7.56. The van der Waals surface area contributed by atoms with Gasteiger partial charge in [-0.05, 0) is 34.8 Å². The van der Waals surface area contributed by atoms with Crippen molar-refractivity contribution >= 4 is 5.57 Å². The minimum absolute atomic E-state index is 0.984. The lowest BCUT2D eigenvalue weighted by Crippen LogP contribution is -1.90. The molecule has 0 N–H and O–H groups in total. The number of hydrogen-bond donors (Lipinski definition) is 0. The Bertz CT molecular complexity index is 843. The maximum absolute atomic E-state index is 4.70. The van der Waals surface area contributed by atoms with E-state index in [2.05, 4.69) is 80.2 Å². The van der Waals surface area contributed by atoms with E-state index in [1.54, 1.807) is 0 Å². The van der Waals surface area contributed by atoms with Crippen molar-refractivity contribution in [2.75, 3.05) is 0 Å². The number of allylic oxidation sites excluding steroid dienone is 3. The molecule has 24 heavy (non-hydrogen) atoms.